The molecule has 0 spiro atoms. The van der Waals surface area contributed by atoms with Gasteiger partial charge in [0.1, 0.15) is 5.60 Å². The average Bonchev–Trinajstić information content (AvgIpc) is 3.01. The maximum atomic E-state index is 12.5. The van der Waals surface area contributed by atoms with Gasteiger partial charge in [-0.15, -0.1) is 0 Å². The van der Waals surface area contributed by atoms with Gasteiger partial charge < -0.3 is 20.1 Å². The number of hydrogen-bond acceptors (Lipinski definition) is 4. The average molecular weight is 356 g/mol. The van der Waals surface area contributed by atoms with Gasteiger partial charge in [-0.3, -0.25) is 9.59 Å². The Hall–Kier alpha value is -2.44. The number of ether oxygens (including phenoxy) is 1. The van der Waals surface area contributed by atoms with Gasteiger partial charge in [0.15, 0.2) is 0 Å². The predicted molar refractivity (Wildman–Crippen MR) is 99.9 cm³/mol. The molecule has 1 saturated heterocycles. The zero-order valence-electron chi connectivity index (χ0n) is 15.1. The quantitative estimate of drug-likeness (QED) is 0.826. The van der Waals surface area contributed by atoms with Crippen LogP contribution in [0.25, 0.3) is 10.8 Å². The number of nitrogens with zero attached hydrogens (tertiary/aromatic N) is 1. The van der Waals surface area contributed by atoms with Crippen LogP contribution in [-0.2, 0) is 14.3 Å². The minimum atomic E-state index is -1.14. The number of rotatable bonds is 6. The Balaban J connectivity index is 1.71. The molecule has 1 heterocycles. The van der Waals surface area contributed by atoms with Crippen LogP contribution >= 0.6 is 0 Å². The maximum absolute atomic E-state index is 12.5. The van der Waals surface area contributed by atoms with Crippen molar-refractivity contribution in [2.24, 2.45) is 5.92 Å². The van der Waals surface area contributed by atoms with Gasteiger partial charge in [-0.05, 0) is 18.4 Å². The molecule has 2 atom stereocenters. The summed E-state index contributed by atoms with van der Waals surface area (Å²) in [4.78, 5) is 26.6. The van der Waals surface area contributed by atoms with Crippen LogP contribution in [0.15, 0.2) is 42.5 Å². The Morgan fingerprint density at radius 3 is 2.81 bits per heavy atom. The molecule has 1 aliphatic rings. The van der Waals surface area contributed by atoms with E-state index < -0.39 is 11.5 Å². The number of nitrogens with one attached hydrogen (secondary N) is 1. The fourth-order valence-electron chi connectivity index (χ4n) is 3.34. The summed E-state index contributed by atoms with van der Waals surface area (Å²) in [6.07, 6.45) is 0.168. The second-order valence-electron chi connectivity index (χ2n) is 7.05. The fraction of sp³-hybridized carbons (Fsp3) is 0.400. The van der Waals surface area contributed by atoms with Crippen molar-refractivity contribution >= 4 is 28.3 Å². The lowest BCUT2D eigenvalue weighted by Gasteiger charge is -2.23. The minimum absolute atomic E-state index is 0.0647. The molecule has 2 aromatic carbocycles. The SMILES string of the molecule is COC[C@@](C)(O)CNC(=O)[C@@H]1CC(=O)N(c2cccc3ccccc23)C1. The zero-order valence-corrected chi connectivity index (χ0v) is 15.1. The zero-order chi connectivity index (χ0) is 18.7. The van der Waals surface area contributed by atoms with Crippen LogP contribution in [0.4, 0.5) is 5.69 Å². The van der Waals surface area contributed by atoms with Gasteiger partial charge in [0, 0.05) is 32.0 Å². The lowest BCUT2D eigenvalue weighted by atomic mass is 10.1. The number of benzene rings is 2. The van der Waals surface area contributed by atoms with E-state index in [9.17, 15) is 14.7 Å². The molecule has 26 heavy (non-hydrogen) atoms. The molecule has 0 radical (unpaired) electrons. The van der Waals surface area contributed by atoms with Crippen LogP contribution in [0, 0.1) is 5.92 Å². The van der Waals surface area contributed by atoms with Gasteiger partial charge in [0.25, 0.3) is 0 Å². The highest BCUT2D eigenvalue weighted by Gasteiger charge is 2.36. The van der Waals surface area contributed by atoms with Crippen molar-refractivity contribution in [2.45, 2.75) is 18.9 Å². The van der Waals surface area contributed by atoms with Crippen molar-refractivity contribution in [1.82, 2.24) is 5.32 Å². The van der Waals surface area contributed by atoms with Crippen molar-refractivity contribution in [1.29, 1.82) is 0 Å². The van der Waals surface area contributed by atoms with Gasteiger partial charge in [-0.25, -0.2) is 0 Å². The molecule has 2 amide bonds. The Morgan fingerprint density at radius 1 is 1.31 bits per heavy atom. The highest BCUT2D eigenvalue weighted by atomic mass is 16.5. The van der Waals surface area contributed by atoms with E-state index >= 15 is 0 Å². The summed E-state index contributed by atoms with van der Waals surface area (Å²) >= 11 is 0. The Bertz CT molecular complexity index is 813. The summed E-state index contributed by atoms with van der Waals surface area (Å²) < 4.78 is 4.93. The molecule has 6 nitrogen and oxygen atoms in total. The van der Waals surface area contributed by atoms with Crippen LogP contribution in [-0.4, -0.2) is 49.3 Å². The summed E-state index contributed by atoms with van der Waals surface area (Å²) in [5, 5.41) is 14.9. The van der Waals surface area contributed by atoms with Crippen molar-refractivity contribution in [2.75, 3.05) is 31.7 Å². The van der Waals surface area contributed by atoms with E-state index in [2.05, 4.69) is 5.32 Å². The number of aliphatic hydroxyl groups is 1. The molecule has 1 aliphatic heterocycles. The minimum Gasteiger partial charge on any atom is -0.386 e. The molecule has 0 saturated carbocycles. The predicted octanol–water partition coefficient (Wildman–Crippen LogP) is 1.71. The molecular weight excluding hydrogens is 332 g/mol. The second kappa shape index (κ2) is 7.43. The lowest BCUT2D eigenvalue weighted by molar-refractivity contribution is -0.127. The van der Waals surface area contributed by atoms with E-state index in [-0.39, 0.29) is 31.4 Å². The first-order valence-electron chi connectivity index (χ1n) is 8.68. The van der Waals surface area contributed by atoms with E-state index in [0.717, 1.165) is 16.5 Å². The standard InChI is InChI=1S/C20H24N2O4/c1-20(25,13-26-2)12-21-19(24)15-10-18(23)22(11-15)17-9-5-7-14-6-3-4-8-16(14)17/h3-9,15,25H,10-13H2,1-2H3,(H,21,24)/t15-,20+/m1/s1. The summed E-state index contributed by atoms with van der Waals surface area (Å²) in [6.45, 7) is 2.14. The van der Waals surface area contributed by atoms with Crippen LogP contribution in [0.2, 0.25) is 0 Å². The largest absolute Gasteiger partial charge is 0.386 e. The van der Waals surface area contributed by atoms with Crippen molar-refractivity contribution < 1.29 is 19.4 Å². The number of hydrogen-bond donors (Lipinski definition) is 2. The summed E-state index contributed by atoms with van der Waals surface area (Å²) in [6, 6.07) is 13.7. The lowest BCUT2D eigenvalue weighted by Crippen LogP contribution is -2.45. The fourth-order valence-corrected chi connectivity index (χ4v) is 3.34. The third-order valence-electron chi connectivity index (χ3n) is 4.65. The second-order valence-corrected chi connectivity index (χ2v) is 7.05. The third-order valence-corrected chi connectivity index (χ3v) is 4.65. The van der Waals surface area contributed by atoms with Crippen LogP contribution < -0.4 is 10.2 Å². The highest BCUT2D eigenvalue weighted by molar-refractivity contribution is 6.06. The molecule has 138 valence electrons. The molecule has 0 aliphatic carbocycles. The number of amides is 2. The number of fused-ring (bicyclic) bond motifs is 1. The van der Waals surface area contributed by atoms with E-state index in [4.69, 9.17) is 4.74 Å². The maximum Gasteiger partial charge on any atom is 0.227 e. The first-order valence-corrected chi connectivity index (χ1v) is 8.68. The molecule has 0 unspecified atom stereocenters. The summed E-state index contributed by atoms with van der Waals surface area (Å²) in [5.74, 6) is -0.720. The van der Waals surface area contributed by atoms with Crippen molar-refractivity contribution in [3.8, 4) is 0 Å². The normalized spacial score (nSPS) is 19.6. The highest BCUT2D eigenvalue weighted by Crippen LogP contribution is 2.31. The van der Waals surface area contributed by atoms with E-state index in [1.165, 1.54) is 7.11 Å². The summed E-state index contributed by atoms with van der Waals surface area (Å²) in [5.41, 5.74) is -0.308. The van der Waals surface area contributed by atoms with E-state index in [0.29, 0.717) is 6.54 Å². The number of anilines is 1. The van der Waals surface area contributed by atoms with E-state index in [1.54, 1.807) is 11.8 Å². The molecule has 3 rings (SSSR count). The van der Waals surface area contributed by atoms with Gasteiger partial charge in [-0.2, -0.15) is 0 Å². The monoisotopic (exact) mass is 356 g/mol. The smallest absolute Gasteiger partial charge is 0.227 e. The molecule has 0 bridgehead atoms. The Kier molecular flexibility index (Phi) is 5.25. The number of carbonyl (C=O) groups excluding carboxylic acids is 2. The molecule has 2 aromatic rings. The van der Waals surface area contributed by atoms with Crippen molar-refractivity contribution in [3.63, 3.8) is 0 Å². The first-order chi connectivity index (χ1) is 12.4. The van der Waals surface area contributed by atoms with Crippen molar-refractivity contribution in [3.05, 3.63) is 42.5 Å². The first kappa shape index (κ1) is 18.4. The molecule has 1 fully saturated rings. The Labute approximate surface area is 152 Å². The number of methoxy groups -OCH3 is 1. The molecule has 0 aromatic heterocycles. The van der Waals surface area contributed by atoms with Gasteiger partial charge in [0.05, 0.1) is 18.2 Å². The van der Waals surface area contributed by atoms with Crippen LogP contribution in [0.1, 0.15) is 13.3 Å². The molecule has 6 heteroatoms. The third kappa shape index (κ3) is 3.86. The van der Waals surface area contributed by atoms with Gasteiger partial charge in [-0.1, -0.05) is 36.4 Å². The molecular formula is C20H24N2O4. The number of carbonyl (C=O) groups is 2. The van der Waals surface area contributed by atoms with Crippen LogP contribution in [0.3, 0.4) is 0 Å². The topological polar surface area (TPSA) is 78.9 Å². The Morgan fingerprint density at radius 2 is 2.04 bits per heavy atom. The summed E-state index contributed by atoms with van der Waals surface area (Å²) in [7, 11) is 1.49. The van der Waals surface area contributed by atoms with E-state index in [1.807, 2.05) is 42.5 Å². The molecule has 2 N–H and O–H groups in total. The van der Waals surface area contributed by atoms with Gasteiger partial charge in [0.2, 0.25) is 11.8 Å². The van der Waals surface area contributed by atoms with Gasteiger partial charge >= 0.3 is 0 Å². The van der Waals surface area contributed by atoms with Crippen LogP contribution in [0.5, 0.6) is 0 Å².